The minimum atomic E-state index is -1.16. The number of ether oxygens (including phenoxy) is 2. The lowest BCUT2D eigenvalue weighted by molar-refractivity contribution is 0.0150. The lowest BCUT2D eigenvalue weighted by Gasteiger charge is -2.43. The summed E-state index contributed by atoms with van der Waals surface area (Å²) in [6, 6.07) is 3.76. The fraction of sp³-hybridized carbons (Fsp3) is 0.625. The van der Waals surface area contributed by atoms with Crippen LogP contribution in [0.1, 0.15) is 60.3 Å². The quantitative estimate of drug-likeness (QED) is 0.334. The van der Waals surface area contributed by atoms with Gasteiger partial charge in [-0.1, -0.05) is 30.3 Å². The Morgan fingerprint density at radius 3 is 2.53 bits per heavy atom. The van der Waals surface area contributed by atoms with Crippen molar-refractivity contribution in [2.45, 2.75) is 93.7 Å². The van der Waals surface area contributed by atoms with Gasteiger partial charge in [0.05, 0.1) is 53.4 Å². The lowest BCUT2D eigenvalue weighted by atomic mass is 9.73. The number of hydrogen-bond donors (Lipinski definition) is 1. The normalized spacial score (nSPS) is 23.9. The van der Waals surface area contributed by atoms with E-state index in [-0.39, 0.29) is 33.3 Å². The van der Waals surface area contributed by atoms with E-state index in [0.29, 0.717) is 47.3 Å². The Kier molecular flexibility index (Phi) is 9.48. The second kappa shape index (κ2) is 12.9. The molecule has 2 aromatic heterocycles. The van der Waals surface area contributed by atoms with Gasteiger partial charge in [-0.25, -0.2) is 15.0 Å². The van der Waals surface area contributed by atoms with Crippen molar-refractivity contribution in [1.29, 1.82) is 0 Å². The molecular formula is C32H43ClN6O4S2. The van der Waals surface area contributed by atoms with Crippen LogP contribution in [0.4, 0.5) is 5.82 Å². The fourth-order valence-electron chi connectivity index (χ4n) is 6.58. The monoisotopic (exact) mass is 674 g/mol. The van der Waals surface area contributed by atoms with Crippen LogP contribution < -0.4 is 15.2 Å². The lowest BCUT2D eigenvalue weighted by Crippen LogP contribution is -2.56. The molecule has 0 aliphatic carbocycles. The number of piperidine rings is 1. The van der Waals surface area contributed by atoms with Gasteiger partial charge in [0, 0.05) is 54.5 Å². The molecule has 3 saturated heterocycles. The first-order chi connectivity index (χ1) is 21.4. The van der Waals surface area contributed by atoms with E-state index in [1.807, 2.05) is 32.9 Å². The first-order valence-electron chi connectivity index (χ1n) is 15.7. The van der Waals surface area contributed by atoms with Crippen LogP contribution >= 0.6 is 23.4 Å². The molecule has 3 fully saturated rings. The molecule has 244 valence electrons. The minimum absolute atomic E-state index is 0.00909. The molecule has 0 bridgehead atoms. The van der Waals surface area contributed by atoms with E-state index in [2.05, 4.69) is 28.5 Å². The van der Waals surface area contributed by atoms with Gasteiger partial charge in [-0.15, -0.1) is 4.72 Å². The molecule has 6 rings (SSSR count). The van der Waals surface area contributed by atoms with Crippen molar-refractivity contribution in [3.8, 4) is 0 Å². The van der Waals surface area contributed by atoms with E-state index in [1.54, 1.807) is 23.3 Å². The predicted molar refractivity (Wildman–Crippen MR) is 179 cm³/mol. The van der Waals surface area contributed by atoms with Crippen molar-refractivity contribution in [3.05, 3.63) is 46.2 Å². The van der Waals surface area contributed by atoms with E-state index in [1.165, 1.54) is 11.8 Å². The van der Waals surface area contributed by atoms with Crippen LogP contribution in [0.5, 0.6) is 0 Å². The number of nitrogens with zero attached hydrogens (tertiary/aromatic N) is 5. The van der Waals surface area contributed by atoms with Gasteiger partial charge in [-0.3, -0.25) is 9.36 Å². The molecule has 10 nitrogen and oxygen atoms in total. The molecule has 1 aromatic carbocycles. The van der Waals surface area contributed by atoms with Crippen molar-refractivity contribution < 1.29 is 14.0 Å². The van der Waals surface area contributed by atoms with E-state index in [0.717, 1.165) is 49.5 Å². The Morgan fingerprint density at radius 1 is 1.13 bits per heavy atom. The third-order valence-electron chi connectivity index (χ3n) is 9.61. The molecule has 1 spiro atoms. The molecule has 3 atom stereocenters. The van der Waals surface area contributed by atoms with Crippen molar-refractivity contribution in [3.63, 3.8) is 0 Å². The minimum Gasteiger partial charge on any atom is -0.598 e. The molecule has 13 heteroatoms. The van der Waals surface area contributed by atoms with Crippen LogP contribution in [-0.2, 0) is 27.4 Å². The summed E-state index contributed by atoms with van der Waals surface area (Å²) < 4.78 is 29.3. The molecule has 5 heterocycles. The van der Waals surface area contributed by atoms with E-state index in [9.17, 15) is 9.35 Å². The zero-order valence-corrected chi connectivity index (χ0v) is 29.1. The number of hydrogen-bond acceptors (Lipinski definition) is 10. The van der Waals surface area contributed by atoms with Crippen LogP contribution in [0.25, 0.3) is 10.9 Å². The average Bonchev–Trinajstić information content (AvgIpc) is 3.30. The number of nitrogens with one attached hydrogen (secondary N) is 1. The van der Waals surface area contributed by atoms with E-state index >= 15 is 0 Å². The zero-order valence-electron chi connectivity index (χ0n) is 26.7. The molecule has 3 aliphatic heterocycles. The summed E-state index contributed by atoms with van der Waals surface area (Å²) in [6.45, 7) is 14.5. The second-order valence-electron chi connectivity index (χ2n) is 14.0. The molecule has 3 aliphatic rings. The summed E-state index contributed by atoms with van der Waals surface area (Å²) in [4.78, 5) is 30.5. The Balaban J connectivity index is 1.13. The maximum absolute atomic E-state index is 13.6. The van der Waals surface area contributed by atoms with Gasteiger partial charge in [-0.2, -0.15) is 0 Å². The summed E-state index contributed by atoms with van der Waals surface area (Å²) >= 11 is 7.08. The van der Waals surface area contributed by atoms with Crippen molar-refractivity contribution >= 4 is 51.4 Å². The predicted octanol–water partition coefficient (Wildman–Crippen LogP) is 5.23. The number of anilines is 1. The number of aromatic nitrogens is 4. The number of halogens is 1. The van der Waals surface area contributed by atoms with Crippen molar-refractivity contribution in [2.24, 2.45) is 10.8 Å². The summed E-state index contributed by atoms with van der Waals surface area (Å²) in [7, 11) is 0. The van der Waals surface area contributed by atoms with Crippen LogP contribution in [0.3, 0.4) is 0 Å². The van der Waals surface area contributed by atoms with Crippen LogP contribution in [0.15, 0.2) is 45.6 Å². The molecule has 1 N–H and O–H groups in total. The fourth-order valence-corrected chi connectivity index (χ4v) is 8.73. The molecule has 1 unspecified atom stereocenters. The highest BCUT2D eigenvalue weighted by atomic mass is 35.5. The SMILES string of the molecule is C[C@@H]1OCC2(CCN(c3cnc(Sc4ccc5ncn(CC6(C)CCOCC6)c(=O)c5c4Cl)cn3)CC2)[C@@H]1N[S+]([O-])C(C)(C)C. The molecule has 3 aromatic rings. The smallest absolute Gasteiger partial charge is 0.262 e. The van der Waals surface area contributed by atoms with Crippen LogP contribution in [-0.4, -0.2) is 73.9 Å². The third kappa shape index (κ3) is 6.88. The average molecular weight is 675 g/mol. The highest BCUT2D eigenvalue weighted by Crippen LogP contribution is 2.44. The third-order valence-corrected chi connectivity index (χ3v) is 12.7. The topological polar surface area (TPSA) is 117 Å². The zero-order chi connectivity index (χ0) is 32.0. The van der Waals surface area contributed by atoms with Gasteiger partial charge >= 0.3 is 0 Å². The summed E-state index contributed by atoms with van der Waals surface area (Å²) in [5.41, 5.74) is 0.379. The maximum atomic E-state index is 13.6. The first-order valence-corrected chi connectivity index (χ1v) is 18.0. The second-order valence-corrected chi connectivity index (χ2v) is 17.5. The van der Waals surface area contributed by atoms with Gasteiger partial charge in [0.15, 0.2) is 0 Å². The first kappa shape index (κ1) is 33.0. The van der Waals surface area contributed by atoms with Gasteiger partial charge in [0.25, 0.3) is 5.56 Å². The summed E-state index contributed by atoms with van der Waals surface area (Å²) in [6.07, 6.45) is 8.84. The summed E-state index contributed by atoms with van der Waals surface area (Å²) in [5, 5.41) is 1.51. The Bertz CT molecular complexity index is 1570. The Labute approximate surface area is 277 Å². The molecule has 0 amide bonds. The van der Waals surface area contributed by atoms with Gasteiger partial charge in [-0.05, 0) is 70.9 Å². The van der Waals surface area contributed by atoms with Crippen molar-refractivity contribution in [2.75, 3.05) is 37.8 Å². The largest absolute Gasteiger partial charge is 0.598 e. The van der Waals surface area contributed by atoms with Crippen LogP contribution in [0, 0.1) is 10.8 Å². The van der Waals surface area contributed by atoms with Gasteiger partial charge in [0.2, 0.25) is 0 Å². The standard InChI is InChI=1S/C32H43ClN6O4S2/c1-21-28(37-45(41)30(2,3)4)32(19-43-21)8-12-38(13-9-32)24-16-35-25(17-34-24)44-23-7-6-22-26(27(23)33)29(40)39(20-36-22)18-31(5)10-14-42-15-11-31/h6-7,16-17,20-21,28,37H,8-15,18-19H2,1-5H3/t21-,28+,45?/m0/s1. The van der Waals surface area contributed by atoms with E-state index in [4.69, 9.17) is 31.0 Å². The Hall–Kier alpha value is -1.93. The molecular weight excluding hydrogens is 632 g/mol. The molecule has 45 heavy (non-hydrogen) atoms. The highest BCUT2D eigenvalue weighted by molar-refractivity contribution is 7.99. The molecule has 0 radical (unpaired) electrons. The van der Waals surface area contributed by atoms with Crippen LogP contribution in [0.2, 0.25) is 5.02 Å². The van der Waals surface area contributed by atoms with Gasteiger partial charge < -0.3 is 18.9 Å². The van der Waals surface area contributed by atoms with Gasteiger partial charge in [0.1, 0.15) is 15.6 Å². The van der Waals surface area contributed by atoms with E-state index < -0.39 is 11.4 Å². The number of rotatable bonds is 7. The highest BCUT2D eigenvalue weighted by Gasteiger charge is 2.52. The Morgan fingerprint density at radius 2 is 1.87 bits per heavy atom. The number of fused-ring (bicyclic) bond motifs is 1. The van der Waals surface area contributed by atoms with Crippen molar-refractivity contribution in [1.82, 2.24) is 24.2 Å². The summed E-state index contributed by atoms with van der Waals surface area (Å²) in [5.74, 6) is 0.822. The maximum Gasteiger partial charge on any atom is 0.262 e. The number of benzene rings is 1. The molecule has 0 saturated carbocycles.